The quantitative estimate of drug-likeness (QED) is 0.730. The fraction of sp³-hybridized carbons (Fsp3) is 0.200. The number of aromatic nitrogens is 2. The number of benzene rings is 2. The van der Waals surface area contributed by atoms with Crippen LogP contribution in [-0.2, 0) is 9.84 Å². The number of para-hydroxylation sites is 1. The molecule has 1 saturated heterocycles. The van der Waals surface area contributed by atoms with Crippen LogP contribution < -0.4 is 5.32 Å². The van der Waals surface area contributed by atoms with Gasteiger partial charge in [0.1, 0.15) is 5.82 Å². The Balaban J connectivity index is 1.71. The Morgan fingerprint density at radius 3 is 2.50 bits per heavy atom. The van der Waals surface area contributed by atoms with Gasteiger partial charge in [-0.1, -0.05) is 42.5 Å². The second-order valence-electron chi connectivity index (χ2n) is 6.72. The molecule has 8 heteroatoms. The van der Waals surface area contributed by atoms with Crippen LogP contribution in [0.4, 0.5) is 10.1 Å². The van der Waals surface area contributed by atoms with Crippen molar-refractivity contribution in [3.05, 3.63) is 72.2 Å². The highest BCUT2D eigenvalue weighted by Crippen LogP contribution is 2.30. The number of rotatable bonds is 4. The van der Waals surface area contributed by atoms with Gasteiger partial charge < -0.3 is 5.32 Å². The average Bonchev–Trinajstić information content (AvgIpc) is 3.28. The largest absolute Gasteiger partial charge is 0.318 e. The molecule has 6 nitrogen and oxygen atoms in total. The summed E-state index contributed by atoms with van der Waals surface area (Å²) in [5.74, 6) is -1.01. The lowest BCUT2D eigenvalue weighted by Gasteiger charge is -2.13. The summed E-state index contributed by atoms with van der Waals surface area (Å²) in [6.45, 7) is 0. The number of hydrogen-bond donors (Lipinski definition) is 1. The molecule has 0 bridgehead atoms. The average molecular weight is 399 g/mol. The second-order valence-corrected chi connectivity index (χ2v) is 8.94. The van der Waals surface area contributed by atoms with Gasteiger partial charge in [0.05, 0.1) is 28.9 Å². The molecule has 1 aliphatic rings. The minimum absolute atomic E-state index is 0.0110. The van der Waals surface area contributed by atoms with Gasteiger partial charge in [-0.25, -0.2) is 12.8 Å². The molecule has 2 aromatic carbocycles. The Morgan fingerprint density at radius 2 is 1.82 bits per heavy atom. The number of halogens is 1. The van der Waals surface area contributed by atoms with E-state index in [4.69, 9.17) is 0 Å². The Kier molecular flexibility index (Phi) is 4.72. The van der Waals surface area contributed by atoms with E-state index in [1.807, 2.05) is 30.3 Å². The molecule has 3 aromatic rings. The van der Waals surface area contributed by atoms with Crippen molar-refractivity contribution in [2.75, 3.05) is 16.8 Å². The number of nitrogens with one attached hydrogen (secondary N) is 1. The van der Waals surface area contributed by atoms with E-state index < -0.39 is 21.6 Å². The van der Waals surface area contributed by atoms with Crippen molar-refractivity contribution in [3.8, 4) is 11.3 Å². The number of nitrogens with zero attached hydrogens (tertiary/aromatic N) is 2. The molecule has 0 aliphatic carbocycles. The molecule has 1 amide bonds. The first kappa shape index (κ1) is 18.4. The molecular formula is C20H18FN3O3S. The van der Waals surface area contributed by atoms with E-state index in [1.54, 1.807) is 16.8 Å². The third-order valence-electron chi connectivity index (χ3n) is 4.71. The van der Waals surface area contributed by atoms with Crippen molar-refractivity contribution >= 4 is 21.4 Å². The molecule has 1 atom stereocenters. The van der Waals surface area contributed by atoms with E-state index in [0.717, 1.165) is 5.56 Å². The molecule has 0 spiro atoms. The van der Waals surface area contributed by atoms with E-state index in [-0.39, 0.29) is 28.9 Å². The van der Waals surface area contributed by atoms with Crippen LogP contribution in [0.2, 0.25) is 0 Å². The highest BCUT2D eigenvalue weighted by atomic mass is 32.2. The van der Waals surface area contributed by atoms with E-state index in [9.17, 15) is 17.6 Å². The molecule has 1 N–H and O–H groups in total. The summed E-state index contributed by atoms with van der Waals surface area (Å²) in [6, 6.07) is 16.5. The molecule has 2 heterocycles. The Hall–Kier alpha value is -3.00. The van der Waals surface area contributed by atoms with Crippen LogP contribution in [0.15, 0.2) is 60.7 Å². The molecule has 4 rings (SSSR count). The van der Waals surface area contributed by atoms with Crippen molar-refractivity contribution in [3.63, 3.8) is 0 Å². The summed E-state index contributed by atoms with van der Waals surface area (Å²) in [6.07, 6.45) is 0.443. The van der Waals surface area contributed by atoms with Gasteiger partial charge in [0.15, 0.2) is 15.5 Å². The lowest BCUT2D eigenvalue weighted by atomic mass is 10.1. The van der Waals surface area contributed by atoms with Crippen LogP contribution in [-0.4, -0.2) is 35.6 Å². The van der Waals surface area contributed by atoms with E-state index in [1.165, 1.54) is 18.2 Å². The van der Waals surface area contributed by atoms with Crippen molar-refractivity contribution in [2.45, 2.75) is 12.5 Å². The molecular weight excluding hydrogens is 381 g/mol. The molecule has 1 fully saturated rings. The van der Waals surface area contributed by atoms with Gasteiger partial charge in [-0.15, -0.1) is 0 Å². The molecule has 1 aliphatic heterocycles. The molecule has 0 radical (unpaired) electrons. The molecule has 28 heavy (non-hydrogen) atoms. The number of carbonyl (C=O) groups is 1. The minimum atomic E-state index is -3.12. The topological polar surface area (TPSA) is 81.1 Å². The van der Waals surface area contributed by atoms with Crippen LogP contribution in [0, 0.1) is 5.82 Å². The van der Waals surface area contributed by atoms with Crippen LogP contribution in [0.1, 0.15) is 23.0 Å². The zero-order valence-electron chi connectivity index (χ0n) is 14.9. The summed E-state index contributed by atoms with van der Waals surface area (Å²) in [4.78, 5) is 12.6. The molecule has 1 aromatic heterocycles. The summed E-state index contributed by atoms with van der Waals surface area (Å²) in [5, 5.41) is 6.89. The van der Waals surface area contributed by atoms with Crippen molar-refractivity contribution in [1.82, 2.24) is 9.78 Å². The minimum Gasteiger partial charge on any atom is -0.318 e. The SMILES string of the molecule is O=C(Nc1ccccc1F)c1cc(-c2ccccc2)n(C2CCS(=O)(=O)C2)n1. The van der Waals surface area contributed by atoms with Gasteiger partial charge in [0.25, 0.3) is 5.91 Å². The van der Waals surface area contributed by atoms with Gasteiger partial charge in [-0.3, -0.25) is 9.48 Å². The predicted molar refractivity (Wildman–Crippen MR) is 104 cm³/mol. The van der Waals surface area contributed by atoms with Gasteiger partial charge in [0.2, 0.25) is 0 Å². The molecule has 0 saturated carbocycles. The number of amides is 1. The van der Waals surface area contributed by atoms with Gasteiger partial charge in [-0.2, -0.15) is 5.10 Å². The number of hydrogen-bond acceptors (Lipinski definition) is 4. The van der Waals surface area contributed by atoms with E-state index in [0.29, 0.717) is 12.1 Å². The van der Waals surface area contributed by atoms with Gasteiger partial charge >= 0.3 is 0 Å². The Morgan fingerprint density at radius 1 is 1.11 bits per heavy atom. The van der Waals surface area contributed by atoms with E-state index >= 15 is 0 Å². The number of carbonyl (C=O) groups excluding carboxylic acids is 1. The van der Waals surface area contributed by atoms with Gasteiger partial charge in [0, 0.05) is 0 Å². The van der Waals surface area contributed by atoms with Crippen LogP contribution in [0.3, 0.4) is 0 Å². The Labute approximate surface area is 161 Å². The highest BCUT2D eigenvalue weighted by Gasteiger charge is 2.32. The number of sulfone groups is 1. The first-order chi connectivity index (χ1) is 13.4. The summed E-state index contributed by atoms with van der Waals surface area (Å²) < 4.78 is 39.3. The molecule has 144 valence electrons. The third-order valence-corrected chi connectivity index (χ3v) is 6.46. The normalized spacial score (nSPS) is 18.1. The maximum Gasteiger partial charge on any atom is 0.276 e. The highest BCUT2D eigenvalue weighted by molar-refractivity contribution is 7.91. The summed E-state index contributed by atoms with van der Waals surface area (Å²) >= 11 is 0. The van der Waals surface area contributed by atoms with Crippen molar-refractivity contribution in [2.24, 2.45) is 0 Å². The zero-order valence-corrected chi connectivity index (χ0v) is 15.7. The first-order valence-corrected chi connectivity index (χ1v) is 10.7. The summed E-state index contributed by atoms with van der Waals surface area (Å²) in [7, 11) is -3.12. The maximum atomic E-state index is 13.8. The Bertz CT molecular complexity index is 1130. The van der Waals surface area contributed by atoms with Crippen LogP contribution in [0.25, 0.3) is 11.3 Å². The predicted octanol–water partition coefficient (Wildman–Crippen LogP) is 3.30. The van der Waals surface area contributed by atoms with Crippen LogP contribution in [0.5, 0.6) is 0 Å². The zero-order chi connectivity index (χ0) is 19.7. The monoisotopic (exact) mass is 399 g/mol. The van der Waals surface area contributed by atoms with Crippen molar-refractivity contribution < 1.29 is 17.6 Å². The van der Waals surface area contributed by atoms with Gasteiger partial charge in [-0.05, 0) is 30.2 Å². The summed E-state index contributed by atoms with van der Waals surface area (Å²) in [5.41, 5.74) is 1.64. The number of anilines is 1. The van der Waals surface area contributed by atoms with Crippen molar-refractivity contribution in [1.29, 1.82) is 0 Å². The fourth-order valence-corrected chi connectivity index (χ4v) is 5.02. The van der Waals surface area contributed by atoms with E-state index in [2.05, 4.69) is 10.4 Å². The fourth-order valence-electron chi connectivity index (χ4n) is 3.33. The standard InChI is InChI=1S/C20H18FN3O3S/c21-16-8-4-5-9-17(16)22-20(25)18-12-19(14-6-2-1-3-7-14)24(23-18)15-10-11-28(26,27)13-15/h1-9,12,15H,10-11,13H2,(H,22,25). The molecule has 1 unspecified atom stereocenters. The first-order valence-electron chi connectivity index (χ1n) is 8.84. The second kappa shape index (κ2) is 7.20. The third kappa shape index (κ3) is 3.68. The van der Waals surface area contributed by atoms with Crippen LogP contribution >= 0.6 is 0 Å². The maximum absolute atomic E-state index is 13.8. The lowest BCUT2D eigenvalue weighted by Crippen LogP contribution is -2.17. The lowest BCUT2D eigenvalue weighted by molar-refractivity contribution is 0.102. The smallest absolute Gasteiger partial charge is 0.276 e.